The van der Waals surface area contributed by atoms with Crippen molar-refractivity contribution in [2.45, 2.75) is 32.2 Å². The molecule has 1 atom stereocenters. The fourth-order valence-electron chi connectivity index (χ4n) is 3.10. The van der Waals surface area contributed by atoms with Gasteiger partial charge in [-0.15, -0.1) is 24.7 Å². The zero-order valence-electron chi connectivity index (χ0n) is 17.4. The molecule has 1 N–H and O–H groups in total. The van der Waals surface area contributed by atoms with Gasteiger partial charge in [0, 0.05) is 30.7 Å². The summed E-state index contributed by atoms with van der Waals surface area (Å²) in [6.45, 7) is 2.37. The normalized spacial score (nSPS) is 16.0. The first-order chi connectivity index (χ1) is 14.9. The number of carbonyl (C=O) groups is 1. The number of aliphatic hydroxyl groups is 1. The van der Waals surface area contributed by atoms with Crippen molar-refractivity contribution in [2.24, 2.45) is 0 Å². The van der Waals surface area contributed by atoms with Gasteiger partial charge in [-0.1, -0.05) is 50.8 Å². The van der Waals surface area contributed by atoms with Gasteiger partial charge in [0.15, 0.2) is 5.78 Å². The van der Waals surface area contributed by atoms with E-state index in [1.54, 1.807) is 6.07 Å². The van der Waals surface area contributed by atoms with Crippen LogP contribution in [0.1, 0.15) is 37.1 Å². The van der Waals surface area contributed by atoms with Crippen molar-refractivity contribution in [3.63, 3.8) is 0 Å². The van der Waals surface area contributed by atoms with Crippen molar-refractivity contribution in [2.75, 3.05) is 13.2 Å². The van der Waals surface area contributed by atoms with Crippen molar-refractivity contribution in [1.82, 2.24) is 0 Å². The Balaban J connectivity index is 0.000000220. The van der Waals surface area contributed by atoms with Gasteiger partial charge in [-0.3, -0.25) is 4.79 Å². The third-order valence-corrected chi connectivity index (χ3v) is 6.86. The minimum Gasteiger partial charge on any atom is -0.656 e. The summed E-state index contributed by atoms with van der Waals surface area (Å²) in [5.41, 5.74) is 0. The Morgan fingerprint density at radius 2 is 2.06 bits per heavy atom. The molecule has 1 aliphatic heterocycles. The Kier molecular flexibility index (Phi) is 11.6. The molecule has 0 bridgehead atoms. The van der Waals surface area contributed by atoms with E-state index in [1.165, 1.54) is 41.1 Å². The summed E-state index contributed by atoms with van der Waals surface area (Å²) >= 11 is 8.48. The van der Waals surface area contributed by atoms with Gasteiger partial charge in [0.05, 0.1) is 4.47 Å². The molecule has 3 aromatic rings. The van der Waals surface area contributed by atoms with Gasteiger partial charge in [0.25, 0.3) is 0 Å². The van der Waals surface area contributed by atoms with Gasteiger partial charge < -0.3 is 15.2 Å². The molecule has 1 aromatic heterocycles. The second-order valence-electron chi connectivity index (χ2n) is 7.11. The number of allylic oxidation sites excluding steroid dienone is 1. The number of nitrogens with zero attached hydrogens (tertiary/aromatic N) is 1. The van der Waals surface area contributed by atoms with E-state index < -0.39 is 0 Å². The molecule has 1 saturated heterocycles. The monoisotopic (exact) mass is 756 g/mol. The van der Waals surface area contributed by atoms with Gasteiger partial charge in [-0.2, -0.15) is 17.5 Å². The summed E-state index contributed by atoms with van der Waals surface area (Å²) in [6.07, 6.45) is 4.92. The molecule has 1 fully saturated rings. The smallest absolute Gasteiger partial charge is 0.156 e. The Labute approximate surface area is 223 Å². The number of benzene rings is 2. The third-order valence-electron chi connectivity index (χ3n) is 4.54. The minimum absolute atomic E-state index is 0. The number of ketones is 1. The predicted octanol–water partition coefficient (Wildman–Crippen LogP) is 7.92. The number of fused-ring (bicyclic) bond motifs is 1. The second-order valence-corrected chi connectivity index (χ2v) is 9.97. The molecule has 1 unspecified atom stereocenters. The van der Waals surface area contributed by atoms with Crippen LogP contribution in [-0.2, 0) is 24.9 Å². The molecule has 0 spiro atoms. The molecule has 1 radical (unpaired) electrons. The van der Waals surface area contributed by atoms with Crippen molar-refractivity contribution < 1.29 is 34.7 Å². The Bertz CT molecular complexity index is 1030. The van der Waals surface area contributed by atoms with Crippen LogP contribution < -0.4 is 4.74 Å². The number of hydrogen-bond donors (Lipinski definition) is 1. The predicted molar refractivity (Wildman–Crippen MR) is 134 cm³/mol. The van der Waals surface area contributed by atoms with Crippen LogP contribution in [0.3, 0.4) is 0 Å². The van der Waals surface area contributed by atoms with E-state index in [0.717, 1.165) is 21.6 Å². The van der Waals surface area contributed by atoms with E-state index >= 15 is 0 Å². The molecule has 0 saturated carbocycles. The molecule has 0 aliphatic carbocycles. The Morgan fingerprint density at radius 1 is 1.28 bits per heavy atom. The zero-order valence-corrected chi connectivity index (χ0v) is 23.8. The van der Waals surface area contributed by atoms with Gasteiger partial charge in [0.1, 0.15) is 18.1 Å². The summed E-state index contributed by atoms with van der Waals surface area (Å²) in [6, 6.07) is 17.8. The van der Waals surface area contributed by atoms with Crippen LogP contribution in [0.25, 0.3) is 15.4 Å². The van der Waals surface area contributed by atoms with Crippen LogP contribution >= 0.6 is 43.2 Å². The standard InChI is InChI=1S/C13H13NS.C11H10Br2O3.Ir/c1-2-7-12-10(5-1)9-13(15-12)11-6-3-4-8-14-11;1-7(14)4-9(15)6-16-11-5-8(12)2-3-10(11)13;/h1-2,5,7,11H,3-4,6,8H2;2-5,15H,6H2,1H3;/q-2;;/b;9-4-;. The molecule has 4 rings (SSSR count). The van der Waals surface area contributed by atoms with E-state index in [2.05, 4.69) is 67.5 Å². The Morgan fingerprint density at radius 3 is 2.75 bits per heavy atom. The number of rotatable bonds is 5. The van der Waals surface area contributed by atoms with Gasteiger partial charge in [0.2, 0.25) is 0 Å². The Hall–Kier alpha value is -1.02. The summed E-state index contributed by atoms with van der Waals surface area (Å²) in [7, 11) is 0. The van der Waals surface area contributed by atoms with Crippen LogP contribution in [0.15, 0.2) is 63.2 Å². The average molecular weight is 758 g/mol. The van der Waals surface area contributed by atoms with Crippen LogP contribution in [0.5, 0.6) is 5.75 Å². The van der Waals surface area contributed by atoms with Crippen LogP contribution in [0.2, 0.25) is 0 Å². The first kappa shape index (κ1) is 27.2. The third kappa shape index (κ3) is 8.40. The molecule has 173 valence electrons. The van der Waals surface area contributed by atoms with Crippen molar-refractivity contribution in [1.29, 1.82) is 0 Å². The van der Waals surface area contributed by atoms with Crippen molar-refractivity contribution >= 4 is 59.1 Å². The molecule has 1 aliphatic rings. The van der Waals surface area contributed by atoms with E-state index in [9.17, 15) is 9.90 Å². The molecule has 2 aromatic carbocycles. The average Bonchev–Trinajstić information content (AvgIpc) is 3.19. The van der Waals surface area contributed by atoms with E-state index in [4.69, 9.17) is 4.74 Å². The molecule has 0 amide bonds. The molecule has 32 heavy (non-hydrogen) atoms. The van der Waals surface area contributed by atoms with E-state index in [0.29, 0.717) is 11.8 Å². The van der Waals surface area contributed by atoms with Crippen molar-refractivity contribution in [3.8, 4) is 5.75 Å². The largest absolute Gasteiger partial charge is 0.656 e. The molecular weight excluding hydrogens is 734 g/mol. The van der Waals surface area contributed by atoms with E-state index in [-0.39, 0.29) is 38.3 Å². The minimum atomic E-state index is -0.214. The number of halogens is 2. The summed E-state index contributed by atoms with van der Waals surface area (Å²) in [4.78, 5) is 12.0. The summed E-state index contributed by atoms with van der Waals surface area (Å²) < 4.78 is 8.33. The maximum absolute atomic E-state index is 10.7. The quantitative estimate of drug-likeness (QED) is 0.164. The number of aliphatic hydroxyl groups excluding tert-OH is 1. The van der Waals surface area contributed by atoms with Gasteiger partial charge in [-0.25, -0.2) is 11.3 Å². The summed E-state index contributed by atoms with van der Waals surface area (Å²) in [5.74, 6) is 0.284. The van der Waals surface area contributed by atoms with Gasteiger partial charge in [-0.05, 0) is 41.1 Å². The maximum atomic E-state index is 10.7. The van der Waals surface area contributed by atoms with Crippen molar-refractivity contribution in [3.05, 3.63) is 79.5 Å². The number of ether oxygens (including phenoxy) is 1. The van der Waals surface area contributed by atoms with Crippen LogP contribution in [0, 0.1) is 6.07 Å². The first-order valence-corrected chi connectivity index (χ1v) is 12.4. The number of thiophene rings is 1. The summed E-state index contributed by atoms with van der Waals surface area (Å²) in [5, 5.41) is 15.3. The van der Waals surface area contributed by atoms with Gasteiger partial charge >= 0.3 is 0 Å². The van der Waals surface area contributed by atoms with E-state index in [1.807, 2.05) is 23.5 Å². The second kappa shape index (κ2) is 13.6. The van der Waals surface area contributed by atoms with Crippen LogP contribution in [0.4, 0.5) is 0 Å². The molecular formula is C24H23Br2IrNO3S-2. The van der Waals surface area contributed by atoms with Crippen LogP contribution in [-0.4, -0.2) is 24.0 Å². The fourth-order valence-corrected chi connectivity index (χ4v) is 4.91. The first-order valence-electron chi connectivity index (χ1n) is 9.97. The zero-order chi connectivity index (χ0) is 22.2. The number of piperidine rings is 1. The topological polar surface area (TPSA) is 60.6 Å². The number of hydrogen-bond acceptors (Lipinski definition) is 4. The molecule has 2 heterocycles. The number of carbonyl (C=O) groups excluding carboxylic acids is 1. The molecule has 4 nitrogen and oxygen atoms in total. The fraction of sp³-hybridized carbons (Fsp3) is 0.292. The maximum Gasteiger partial charge on any atom is 0.156 e. The SMILES string of the molecule is CC(=O)/C=C(\O)COc1cc(Br)ccc1Br.[Ir].[c-]1c(C2CCCC[N-]2)sc2ccccc12. The molecule has 8 heteroatoms.